The zero-order valence-corrected chi connectivity index (χ0v) is 11.9. The second-order valence-electron chi connectivity index (χ2n) is 6.84. The first-order valence-corrected chi connectivity index (χ1v) is 7.10. The number of anilines is 1. The van der Waals surface area contributed by atoms with Crippen LogP contribution in [0.25, 0.3) is 0 Å². The van der Waals surface area contributed by atoms with Crippen molar-refractivity contribution in [3.05, 3.63) is 29.3 Å². The molecule has 0 saturated carbocycles. The third-order valence-electron chi connectivity index (χ3n) is 4.39. The topological polar surface area (TPSA) is 41.1 Å². The van der Waals surface area contributed by atoms with Crippen molar-refractivity contribution < 1.29 is 4.79 Å². The summed E-state index contributed by atoms with van der Waals surface area (Å²) in [6.45, 7) is 8.45. The number of carbonyl (C=O) groups is 1. The molecule has 0 bridgehead atoms. The smallest absolute Gasteiger partial charge is 0.229 e. The largest absolute Gasteiger partial charge is 0.326 e. The molecule has 3 heteroatoms. The predicted molar refractivity (Wildman–Crippen MR) is 77.3 cm³/mol. The molecule has 2 aliphatic heterocycles. The van der Waals surface area contributed by atoms with Crippen molar-refractivity contribution in [1.82, 2.24) is 5.32 Å². The molecule has 3 rings (SSSR count). The fourth-order valence-corrected chi connectivity index (χ4v) is 3.11. The van der Waals surface area contributed by atoms with Crippen molar-refractivity contribution in [3.63, 3.8) is 0 Å². The van der Waals surface area contributed by atoms with Gasteiger partial charge in [-0.2, -0.15) is 0 Å². The van der Waals surface area contributed by atoms with Gasteiger partial charge in [0.1, 0.15) is 0 Å². The van der Waals surface area contributed by atoms with Gasteiger partial charge in [-0.1, -0.05) is 32.9 Å². The van der Waals surface area contributed by atoms with Gasteiger partial charge in [-0.25, -0.2) is 0 Å². The molecule has 1 amide bonds. The maximum Gasteiger partial charge on any atom is 0.229 e. The highest BCUT2D eigenvalue weighted by Crippen LogP contribution is 2.33. The average molecular weight is 258 g/mol. The Morgan fingerprint density at radius 2 is 2.00 bits per heavy atom. The van der Waals surface area contributed by atoms with Crippen molar-refractivity contribution in [1.29, 1.82) is 0 Å². The quantitative estimate of drug-likeness (QED) is 0.750. The van der Waals surface area contributed by atoms with Crippen LogP contribution in [0.4, 0.5) is 5.69 Å². The van der Waals surface area contributed by atoms with E-state index in [9.17, 15) is 4.79 Å². The van der Waals surface area contributed by atoms with Crippen LogP contribution in [0.15, 0.2) is 18.2 Å². The molecule has 2 atom stereocenters. The normalized spacial score (nSPS) is 26.4. The first-order chi connectivity index (χ1) is 8.95. The standard InChI is InChI=1S/C16H22N2O/c1-16(2,3)12-4-5-14-10(7-12)6-11-8-17-9-13(11)15(19)18-14/h4-5,7,11,13,17H,6,8-9H2,1-3H3,(H,18,19). The average Bonchev–Trinajstić information content (AvgIpc) is 2.73. The number of fused-ring (bicyclic) bond motifs is 2. The summed E-state index contributed by atoms with van der Waals surface area (Å²) in [6.07, 6.45) is 0.996. The Labute approximate surface area is 114 Å². The van der Waals surface area contributed by atoms with E-state index in [1.54, 1.807) is 0 Å². The summed E-state index contributed by atoms with van der Waals surface area (Å²) < 4.78 is 0. The molecule has 0 radical (unpaired) electrons. The highest BCUT2D eigenvalue weighted by molar-refractivity contribution is 5.94. The maximum absolute atomic E-state index is 12.2. The number of carbonyl (C=O) groups excluding carboxylic acids is 1. The van der Waals surface area contributed by atoms with Crippen molar-refractivity contribution >= 4 is 11.6 Å². The fourth-order valence-electron chi connectivity index (χ4n) is 3.11. The van der Waals surface area contributed by atoms with Crippen molar-refractivity contribution in [2.75, 3.05) is 18.4 Å². The molecule has 2 aliphatic rings. The summed E-state index contributed by atoms with van der Waals surface area (Å²) in [5.74, 6) is 0.749. The summed E-state index contributed by atoms with van der Waals surface area (Å²) in [7, 11) is 0. The fraction of sp³-hybridized carbons (Fsp3) is 0.562. The summed E-state index contributed by atoms with van der Waals surface area (Å²) in [5, 5.41) is 6.43. The second-order valence-corrected chi connectivity index (χ2v) is 6.84. The molecule has 1 aromatic carbocycles. The van der Waals surface area contributed by atoms with E-state index >= 15 is 0 Å². The Morgan fingerprint density at radius 1 is 1.21 bits per heavy atom. The molecule has 0 aromatic heterocycles. The Kier molecular flexibility index (Phi) is 2.90. The van der Waals surface area contributed by atoms with E-state index in [1.807, 2.05) is 0 Å². The van der Waals surface area contributed by atoms with Gasteiger partial charge in [-0.15, -0.1) is 0 Å². The van der Waals surface area contributed by atoms with Crippen molar-refractivity contribution in [2.45, 2.75) is 32.6 Å². The number of rotatable bonds is 0. The third-order valence-corrected chi connectivity index (χ3v) is 4.39. The molecule has 0 spiro atoms. The molecule has 102 valence electrons. The summed E-state index contributed by atoms with van der Waals surface area (Å²) in [4.78, 5) is 12.2. The highest BCUT2D eigenvalue weighted by atomic mass is 16.2. The van der Waals surface area contributed by atoms with Gasteiger partial charge in [0.05, 0.1) is 5.92 Å². The third kappa shape index (κ3) is 2.27. The summed E-state index contributed by atoms with van der Waals surface area (Å²) in [5.41, 5.74) is 3.79. The van der Waals surface area contributed by atoms with Gasteiger partial charge in [0.15, 0.2) is 0 Å². The molecule has 2 heterocycles. The maximum atomic E-state index is 12.2. The minimum Gasteiger partial charge on any atom is -0.326 e. The SMILES string of the molecule is CC(C)(C)c1ccc2c(c1)CC1CNCC1C(=O)N2. The Morgan fingerprint density at radius 3 is 2.74 bits per heavy atom. The van der Waals surface area contributed by atoms with E-state index in [0.29, 0.717) is 5.92 Å². The van der Waals surface area contributed by atoms with Gasteiger partial charge in [-0.3, -0.25) is 4.79 Å². The number of hydrogen-bond acceptors (Lipinski definition) is 2. The van der Waals surface area contributed by atoms with Gasteiger partial charge in [-0.05, 0) is 41.5 Å². The molecule has 3 nitrogen and oxygen atoms in total. The molecule has 2 unspecified atom stereocenters. The van der Waals surface area contributed by atoms with Crippen LogP contribution >= 0.6 is 0 Å². The van der Waals surface area contributed by atoms with Crippen LogP contribution in [0.2, 0.25) is 0 Å². The first kappa shape index (κ1) is 12.7. The number of amides is 1. The van der Waals surface area contributed by atoms with E-state index < -0.39 is 0 Å². The van der Waals surface area contributed by atoms with E-state index in [-0.39, 0.29) is 17.2 Å². The lowest BCUT2D eigenvalue weighted by Crippen LogP contribution is -2.27. The van der Waals surface area contributed by atoms with E-state index in [2.05, 4.69) is 49.6 Å². The zero-order valence-electron chi connectivity index (χ0n) is 11.9. The Balaban J connectivity index is 1.99. The lowest BCUT2D eigenvalue weighted by molar-refractivity contribution is -0.120. The highest BCUT2D eigenvalue weighted by Gasteiger charge is 2.36. The lowest BCUT2D eigenvalue weighted by Gasteiger charge is -2.21. The Hall–Kier alpha value is -1.35. The van der Waals surface area contributed by atoms with E-state index in [0.717, 1.165) is 25.2 Å². The minimum atomic E-state index is 0.130. The van der Waals surface area contributed by atoms with Gasteiger partial charge in [0.25, 0.3) is 0 Å². The van der Waals surface area contributed by atoms with Crippen LogP contribution < -0.4 is 10.6 Å². The number of hydrogen-bond donors (Lipinski definition) is 2. The van der Waals surface area contributed by atoms with Crippen LogP contribution in [0.5, 0.6) is 0 Å². The summed E-state index contributed by atoms with van der Waals surface area (Å²) in [6, 6.07) is 6.48. The van der Waals surface area contributed by atoms with Crippen molar-refractivity contribution in [3.8, 4) is 0 Å². The Bertz CT molecular complexity index is 516. The lowest BCUT2D eigenvalue weighted by atomic mass is 9.84. The van der Waals surface area contributed by atoms with Gasteiger partial charge >= 0.3 is 0 Å². The molecular formula is C16H22N2O. The van der Waals surface area contributed by atoms with Crippen molar-refractivity contribution in [2.24, 2.45) is 11.8 Å². The predicted octanol–water partition coefficient (Wildman–Crippen LogP) is 2.31. The van der Waals surface area contributed by atoms with Crippen LogP contribution in [0, 0.1) is 11.8 Å². The van der Waals surface area contributed by atoms with Gasteiger partial charge < -0.3 is 10.6 Å². The van der Waals surface area contributed by atoms with E-state index in [1.165, 1.54) is 11.1 Å². The molecule has 0 aliphatic carbocycles. The molecule has 1 aromatic rings. The van der Waals surface area contributed by atoms with Crippen LogP contribution in [0.1, 0.15) is 31.9 Å². The minimum absolute atomic E-state index is 0.130. The summed E-state index contributed by atoms with van der Waals surface area (Å²) >= 11 is 0. The first-order valence-electron chi connectivity index (χ1n) is 7.10. The van der Waals surface area contributed by atoms with Crippen LogP contribution in [0.3, 0.4) is 0 Å². The monoisotopic (exact) mass is 258 g/mol. The number of benzene rings is 1. The second kappa shape index (κ2) is 4.34. The number of nitrogens with one attached hydrogen (secondary N) is 2. The van der Waals surface area contributed by atoms with Gasteiger partial charge in [0.2, 0.25) is 5.91 Å². The molecular weight excluding hydrogens is 236 g/mol. The van der Waals surface area contributed by atoms with Crippen LogP contribution in [-0.2, 0) is 16.6 Å². The molecule has 1 saturated heterocycles. The molecule has 19 heavy (non-hydrogen) atoms. The molecule has 1 fully saturated rings. The van der Waals surface area contributed by atoms with Crippen LogP contribution in [-0.4, -0.2) is 19.0 Å². The van der Waals surface area contributed by atoms with E-state index in [4.69, 9.17) is 0 Å². The zero-order chi connectivity index (χ0) is 13.6. The van der Waals surface area contributed by atoms with Gasteiger partial charge in [0, 0.05) is 12.2 Å². The molecule has 2 N–H and O–H groups in total.